The Hall–Kier alpha value is -2.25. The number of fused-ring (bicyclic) bond motifs is 1. The first kappa shape index (κ1) is 17.6. The van der Waals surface area contributed by atoms with Gasteiger partial charge in [0.05, 0.1) is 24.2 Å². The number of carbonyl (C=O) groups excluding carboxylic acids is 1. The first-order valence-corrected chi connectivity index (χ1v) is 8.57. The Morgan fingerprint density at radius 2 is 2.28 bits per heavy atom. The molecule has 0 saturated carbocycles. The number of hydrogen-bond donors (Lipinski definition) is 2. The maximum absolute atomic E-state index is 12.3. The van der Waals surface area contributed by atoms with Crippen LogP contribution in [0.3, 0.4) is 0 Å². The molecule has 2 amide bonds. The van der Waals surface area contributed by atoms with E-state index in [1.165, 1.54) is 0 Å². The third-order valence-electron chi connectivity index (χ3n) is 3.99. The molecule has 25 heavy (non-hydrogen) atoms. The number of halogens is 1. The van der Waals surface area contributed by atoms with E-state index in [-0.39, 0.29) is 12.1 Å². The number of ether oxygens (including phenoxy) is 1. The van der Waals surface area contributed by atoms with E-state index in [0.29, 0.717) is 29.6 Å². The van der Waals surface area contributed by atoms with Gasteiger partial charge in [0.25, 0.3) is 0 Å². The minimum absolute atomic E-state index is 0.140. The van der Waals surface area contributed by atoms with Crippen molar-refractivity contribution in [2.24, 2.45) is 0 Å². The zero-order chi connectivity index (χ0) is 17.8. The molecule has 8 heteroatoms. The van der Waals surface area contributed by atoms with Gasteiger partial charge in [-0.15, -0.1) is 0 Å². The monoisotopic (exact) mass is 363 g/mol. The Kier molecular flexibility index (Phi) is 5.45. The van der Waals surface area contributed by atoms with Crippen molar-refractivity contribution in [1.29, 1.82) is 0 Å². The molecule has 0 fully saturated rings. The van der Waals surface area contributed by atoms with Gasteiger partial charge in [0.1, 0.15) is 5.75 Å². The molecular formula is C17H22ClN5O2. The topological polar surface area (TPSA) is 71.4 Å². The number of amides is 2. The van der Waals surface area contributed by atoms with Crippen LogP contribution in [0, 0.1) is 0 Å². The molecule has 0 bridgehead atoms. The zero-order valence-corrected chi connectivity index (χ0v) is 15.1. The number of benzene rings is 1. The van der Waals surface area contributed by atoms with E-state index in [0.717, 1.165) is 18.7 Å². The molecule has 1 aliphatic heterocycles. The van der Waals surface area contributed by atoms with Crippen LogP contribution in [-0.4, -0.2) is 48.0 Å². The van der Waals surface area contributed by atoms with E-state index in [4.69, 9.17) is 16.3 Å². The van der Waals surface area contributed by atoms with Crippen LogP contribution in [0.15, 0.2) is 30.5 Å². The second kappa shape index (κ2) is 7.76. The third kappa shape index (κ3) is 4.43. The van der Waals surface area contributed by atoms with E-state index >= 15 is 0 Å². The van der Waals surface area contributed by atoms with E-state index < -0.39 is 0 Å². The smallest absolute Gasteiger partial charge is 0.320 e. The molecular weight excluding hydrogens is 342 g/mol. The third-order valence-corrected chi connectivity index (χ3v) is 4.29. The highest BCUT2D eigenvalue weighted by atomic mass is 35.5. The number of nitrogens with one attached hydrogen (secondary N) is 2. The molecule has 0 saturated heterocycles. The summed E-state index contributed by atoms with van der Waals surface area (Å²) in [4.78, 5) is 14.4. The van der Waals surface area contributed by atoms with Gasteiger partial charge < -0.3 is 15.0 Å². The highest BCUT2D eigenvalue weighted by Crippen LogP contribution is 2.37. The molecule has 1 aromatic carbocycles. The van der Waals surface area contributed by atoms with E-state index in [9.17, 15) is 4.79 Å². The molecule has 2 N–H and O–H groups in total. The van der Waals surface area contributed by atoms with Crippen LogP contribution in [0.2, 0.25) is 5.02 Å². The van der Waals surface area contributed by atoms with E-state index in [1.807, 2.05) is 32.4 Å². The van der Waals surface area contributed by atoms with Crippen LogP contribution < -0.4 is 15.4 Å². The Labute approximate surface area is 151 Å². The van der Waals surface area contributed by atoms with Gasteiger partial charge in [-0.25, -0.2) is 4.79 Å². The van der Waals surface area contributed by atoms with Gasteiger partial charge in [0, 0.05) is 30.8 Å². The molecule has 1 atom stereocenters. The summed E-state index contributed by atoms with van der Waals surface area (Å²) in [6, 6.07) is 6.90. The number of urea groups is 1. The minimum atomic E-state index is -0.296. The van der Waals surface area contributed by atoms with Crippen molar-refractivity contribution in [2.75, 3.05) is 32.6 Å². The van der Waals surface area contributed by atoms with Gasteiger partial charge in [-0.2, -0.15) is 5.10 Å². The lowest BCUT2D eigenvalue weighted by Gasteiger charge is -2.27. The molecule has 2 heterocycles. The molecule has 1 aliphatic rings. The van der Waals surface area contributed by atoms with Crippen molar-refractivity contribution >= 4 is 23.4 Å². The maximum atomic E-state index is 12.3. The Morgan fingerprint density at radius 1 is 1.44 bits per heavy atom. The number of carbonyl (C=O) groups is 1. The van der Waals surface area contributed by atoms with Gasteiger partial charge in [-0.3, -0.25) is 10.00 Å². The van der Waals surface area contributed by atoms with Gasteiger partial charge >= 0.3 is 6.03 Å². The molecule has 0 unspecified atom stereocenters. The SMILES string of the molecule is CN(C)CCn1ccc(NC(=O)N[C@H]2CCOc3c(Cl)cccc32)n1. The number of rotatable bonds is 5. The molecule has 134 valence electrons. The van der Waals surface area contributed by atoms with Crippen LogP contribution in [0.4, 0.5) is 10.6 Å². The zero-order valence-electron chi connectivity index (χ0n) is 14.3. The van der Waals surface area contributed by atoms with Gasteiger partial charge in [0.2, 0.25) is 0 Å². The predicted octanol–water partition coefficient (Wildman–Crippen LogP) is 2.74. The Bertz CT molecular complexity index is 746. The van der Waals surface area contributed by atoms with Crippen molar-refractivity contribution in [3.05, 3.63) is 41.0 Å². The maximum Gasteiger partial charge on any atom is 0.320 e. The fourth-order valence-electron chi connectivity index (χ4n) is 2.70. The van der Waals surface area contributed by atoms with Crippen LogP contribution in [0.5, 0.6) is 5.75 Å². The fourth-order valence-corrected chi connectivity index (χ4v) is 2.94. The Morgan fingerprint density at radius 3 is 3.08 bits per heavy atom. The van der Waals surface area contributed by atoms with E-state index in [1.54, 1.807) is 16.8 Å². The van der Waals surface area contributed by atoms with Gasteiger partial charge in [-0.1, -0.05) is 23.7 Å². The van der Waals surface area contributed by atoms with Crippen LogP contribution >= 0.6 is 11.6 Å². The van der Waals surface area contributed by atoms with Crippen LogP contribution in [0.1, 0.15) is 18.0 Å². The predicted molar refractivity (Wildman–Crippen MR) is 97.2 cm³/mol. The number of nitrogens with zero attached hydrogens (tertiary/aromatic N) is 3. The average Bonchev–Trinajstić information content (AvgIpc) is 3.01. The minimum Gasteiger partial charge on any atom is -0.492 e. The van der Waals surface area contributed by atoms with Crippen molar-refractivity contribution in [3.8, 4) is 5.75 Å². The molecule has 3 rings (SSSR count). The molecule has 0 aliphatic carbocycles. The number of hydrogen-bond acceptors (Lipinski definition) is 4. The number of likely N-dealkylation sites (N-methyl/N-ethyl adjacent to an activating group) is 1. The first-order valence-electron chi connectivity index (χ1n) is 8.20. The summed E-state index contributed by atoms with van der Waals surface area (Å²) >= 11 is 6.16. The number of aromatic nitrogens is 2. The summed E-state index contributed by atoms with van der Waals surface area (Å²) in [7, 11) is 4.02. The second-order valence-corrected chi connectivity index (χ2v) is 6.62. The molecule has 1 aromatic heterocycles. The first-order chi connectivity index (χ1) is 12.0. The lowest BCUT2D eigenvalue weighted by molar-refractivity contribution is 0.232. The number of anilines is 1. The summed E-state index contributed by atoms with van der Waals surface area (Å²) in [5, 5.41) is 10.6. The lowest BCUT2D eigenvalue weighted by Crippen LogP contribution is -2.35. The standard InChI is InChI=1S/C17H22ClN5O2/c1-22(2)9-10-23-8-6-15(21-23)20-17(24)19-14-7-11-25-16-12(14)4-3-5-13(16)18/h3-6,8,14H,7,9-11H2,1-2H3,(H2,19,20,21,24)/t14-/m0/s1. The fraction of sp³-hybridized carbons (Fsp3) is 0.412. The highest BCUT2D eigenvalue weighted by Gasteiger charge is 2.24. The summed E-state index contributed by atoms with van der Waals surface area (Å²) in [5.41, 5.74) is 0.894. The highest BCUT2D eigenvalue weighted by molar-refractivity contribution is 6.32. The van der Waals surface area contributed by atoms with Crippen LogP contribution in [-0.2, 0) is 6.54 Å². The lowest BCUT2D eigenvalue weighted by atomic mass is 10.0. The molecule has 0 spiro atoms. The van der Waals surface area contributed by atoms with Crippen molar-refractivity contribution in [2.45, 2.75) is 19.0 Å². The molecule has 2 aromatic rings. The average molecular weight is 364 g/mol. The van der Waals surface area contributed by atoms with Crippen molar-refractivity contribution in [1.82, 2.24) is 20.0 Å². The van der Waals surface area contributed by atoms with Crippen molar-refractivity contribution < 1.29 is 9.53 Å². The summed E-state index contributed by atoms with van der Waals surface area (Å²) < 4.78 is 7.42. The largest absolute Gasteiger partial charge is 0.492 e. The number of para-hydroxylation sites is 1. The van der Waals surface area contributed by atoms with Gasteiger partial charge in [0.15, 0.2) is 5.82 Å². The Balaban J connectivity index is 1.60. The quantitative estimate of drug-likeness (QED) is 0.856. The van der Waals surface area contributed by atoms with Crippen LogP contribution in [0.25, 0.3) is 0 Å². The normalized spacial score (nSPS) is 16.2. The van der Waals surface area contributed by atoms with E-state index in [2.05, 4.69) is 20.6 Å². The molecule has 0 radical (unpaired) electrons. The second-order valence-electron chi connectivity index (χ2n) is 6.21. The summed E-state index contributed by atoms with van der Waals surface area (Å²) in [6.07, 6.45) is 2.54. The molecule has 7 nitrogen and oxygen atoms in total. The summed E-state index contributed by atoms with van der Waals surface area (Å²) in [6.45, 7) is 2.16. The van der Waals surface area contributed by atoms with Crippen molar-refractivity contribution in [3.63, 3.8) is 0 Å². The van der Waals surface area contributed by atoms with Gasteiger partial charge in [-0.05, 0) is 20.2 Å². The summed E-state index contributed by atoms with van der Waals surface area (Å²) in [5.74, 6) is 1.17.